The van der Waals surface area contributed by atoms with Gasteiger partial charge >= 0.3 is 203 Å². The van der Waals surface area contributed by atoms with Crippen molar-refractivity contribution in [2.75, 3.05) is 36.0 Å². The fourth-order valence-corrected chi connectivity index (χ4v) is 8.19. The average molecular weight is 506 g/mol. The van der Waals surface area contributed by atoms with Crippen molar-refractivity contribution in [3.8, 4) is 11.5 Å². The summed E-state index contributed by atoms with van der Waals surface area (Å²) in [5, 5.41) is 0. The number of carbonyl (C=O) groups is 1. The predicted octanol–water partition coefficient (Wildman–Crippen LogP) is 5.63. The molecule has 0 atom stereocenters. The molecule has 0 radical (unpaired) electrons. The fraction of sp³-hybridized carbons (Fsp3) is 0.321. The van der Waals surface area contributed by atoms with E-state index in [1.165, 1.54) is 0 Å². The van der Waals surface area contributed by atoms with E-state index in [9.17, 15) is 4.79 Å². The molecule has 2 aliphatic rings. The molecule has 170 valence electrons. The molecule has 2 aliphatic heterocycles. The third-order valence-corrected chi connectivity index (χ3v) is 9.82. The van der Waals surface area contributed by atoms with E-state index in [4.69, 9.17) is 4.74 Å². The Morgan fingerprint density at radius 1 is 0.727 bits per heavy atom. The van der Waals surface area contributed by atoms with Crippen LogP contribution in [0.15, 0.2) is 60.7 Å². The van der Waals surface area contributed by atoms with Crippen LogP contribution in [0.1, 0.15) is 54.7 Å². The molecule has 3 aromatic carbocycles. The molecule has 0 N–H and O–H groups in total. The summed E-state index contributed by atoms with van der Waals surface area (Å²) in [7, 11) is 0. The summed E-state index contributed by atoms with van der Waals surface area (Å²) in [6.45, 7) is 12.4. The van der Waals surface area contributed by atoms with Crippen LogP contribution in [0.4, 0.5) is 11.4 Å². The van der Waals surface area contributed by atoms with Gasteiger partial charge in [0.15, 0.2) is 0 Å². The Balaban J connectivity index is 1.76. The Hall–Kier alpha value is -2.75. The van der Waals surface area contributed by atoms with Gasteiger partial charge in [-0.1, -0.05) is 0 Å². The summed E-state index contributed by atoms with van der Waals surface area (Å²) < 4.78 is 6.43. The molecule has 5 heteroatoms. The standard InChI is InChI=1S/C28H30N2O2Se/c1-5-29(6-2)19-13-15-23-25(17-19)32-26-18-20(30(7-3)8-4)14-16-24(26)28(23)22-12-10-9-11-21(22)27(31)33-28/h9-18H,5-8H2,1-4H3. The summed E-state index contributed by atoms with van der Waals surface area (Å²) in [6, 6.07) is 21.2. The first-order chi connectivity index (χ1) is 16.1. The first kappa shape index (κ1) is 22.1. The third-order valence-electron chi connectivity index (χ3n) is 6.94. The van der Waals surface area contributed by atoms with E-state index >= 15 is 0 Å². The number of benzene rings is 3. The van der Waals surface area contributed by atoms with Gasteiger partial charge in [-0.3, -0.25) is 0 Å². The zero-order valence-corrected chi connectivity index (χ0v) is 21.4. The third kappa shape index (κ3) is 3.29. The molecule has 3 aromatic rings. The first-order valence-corrected chi connectivity index (χ1v) is 13.6. The van der Waals surface area contributed by atoms with Crippen LogP contribution in [0.2, 0.25) is 0 Å². The van der Waals surface area contributed by atoms with E-state index in [0.29, 0.717) is 0 Å². The van der Waals surface area contributed by atoms with Crippen molar-refractivity contribution in [1.29, 1.82) is 0 Å². The van der Waals surface area contributed by atoms with E-state index in [1.54, 1.807) is 0 Å². The monoisotopic (exact) mass is 506 g/mol. The maximum atomic E-state index is 13.3. The van der Waals surface area contributed by atoms with Crippen molar-refractivity contribution >= 4 is 31.0 Å². The van der Waals surface area contributed by atoms with Crippen molar-refractivity contribution in [2.45, 2.75) is 32.0 Å². The second-order valence-electron chi connectivity index (χ2n) is 8.42. The molecular weight excluding hydrogens is 475 g/mol. The minimum absolute atomic E-state index is 0.262. The second kappa shape index (κ2) is 8.55. The quantitative estimate of drug-likeness (QED) is 0.407. The van der Waals surface area contributed by atoms with Gasteiger partial charge in [-0.25, -0.2) is 0 Å². The number of ether oxygens (including phenoxy) is 1. The van der Waals surface area contributed by atoms with E-state index in [0.717, 1.165) is 71.3 Å². The number of nitrogens with zero attached hydrogens (tertiary/aromatic N) is 2. The van der Waals surface area contributed by atoms with Crippen LogP contribution in [-0.4, -0.2) is 45.8 Å². The summed E-state index contributed by atoms with van der Waals surface area (Å²) in [4.78, 5) is 17.9. The Bertz CT molecular complexity index is 1150. The molecule has 0 aromatic heterocycles. The fourth-order valence-electron chi connectivity index (χ4n) is 5.22. The summed E-state index contributed by atoms with van der Waals surface area (Å²) in [6.07, 6.45) is 0. The number of anilines is 2. The molecule has 0 amide bonds. The van der Waals surface area contributed by atoms with Gasteiger partial charge in [0.2, 0.25) is 0 Å². The molecule has 33 heavy (non-hydrogen) atoms. The molecule has 0 aliphatic carbocycles. The molecule has 4 nitrogen and oxygen atoms in total. The van der Waals surface area contributed by atoms with Gasteiger partial charge in [-0.05, 0) is 0 Å². The molecular formula is C28H30N2O2Se. The van der Waals surface area contributed by atoms with Crippen LogP contribution in [0.5, 0.6) is 11.5 Å². The van der Waals surface area contributed by atoms with Crippen LogP contribution < -0.4 is 14.5 Å². The van der Waals surface area contributed by atoms with E-state index in [2.05, 4.69) is 86.0 Å². The zero-order chi connectivity index (χ0) is 23.2. The van der Waals surface area contributed by atoms with Crippen molar-refractivity contribution in [3.05, 3.63) is 82.9 Å². The molecule has 5 rings (SSSR count). The number of hydrogen-bond acceptors (Lipinski definition) is 4. The van der Waals surface area contributed by atoms with E-state index in [1.807, 2.05) is 12.1 Å². The summed E-state index contributed by atoms with van der Waals surface area (Å²) in [5.41, 5.74) is 6.51. The summed E-state index contributed by atoms with van der Waals surface area (Å²) in [5.74, 6) is 1.74. The van der Waals surface area contributed by atoms with Gasteiger partial charge in [0.25, 0.3) is 0 Å². The second-order valence-corrected chi connectivity index (χ2v) is 10.9. The molecule has 0 unspecified atom stereocenters. The predicted molar refractivity (Wildman–Crippen MR) is 136 cm³/mol. The molecule has 0 saturated heterocycles. The molecule has 0 fully saturated rings. The van der Waals surface area contributed by atoms with E-state index in [-0.39, 0.29) is 19.6 Å². The molecule has 2 heterocycles. The van der Waals surface area contributed by atoms with Gasteiger partial charge in [0.1, 0.15) is 0 Å². The maximum absolute atomic E-state index is 13.3. The van der Waals surface area contributed by atoms with Crippen molar-refractivity contribution in [3.63, 3.8) is 0 Å². The number of hydrogen-bond donors (Lipinski definition) is 0. The van der Waals surface area contributed by atoms with Crippen molar-refractivity contribution in [2.24, 2.45) is 0 Å². The minimum atomic E-state index is -0.451. The van der Waals surface area contributed by atoms with Crippen LogP contribution in [0.25, 0.3) is 0 Å². The molecule has 1 spiro atoms. The van der Waals surface area contributed by atoms with E-state index < -0.39 is 4.31 Å². The number of carbonyl (C=O) groups excluding carboxylic acids is 1. The topological polar surface area (TPSA) is 32.8 Å². The molecule has 0 bridgehead atoms. The van der Waals surface area contributed by atoms with Crippen LogP contribution in [0.3, 0.4) is 0 Å². The van der Waals surface area contributed by atoms with Gasteiger partial charge in [0.05, 0.1) is 0 Å². The zero-order valence-electron chi connectivity index (χ0n) is 19.7. The SMILES string of the molecule is CCN(CC)c1ccc2c(c1)Oc1cc(N(CC)CC)ccc1C21[Se]C(=O)c2ccccc21. The van der Waals surface area contributed by atoms with Gasteiger partial charge in [-0.15, -0.1) is 0 Å². The van der Waals surface area contributed by atoms with Crippen LogP contribution >= 0.6 is 0 Å². The number of rotatable bonds is 6. The molecule has 0 saturated carbocycles. The van der Waals surface area contributed by atoms with Crippen LogP contribution in [0, 0.1) is 0 Å². The Morgan fingerprint density at radius 3 is 1.76 bits per heavy atom. The Labute approximate surface area is 202 Å². The van der Waals surface area contributed by atoms with Gasteiger partial charge < -0.3 is 0 Å². The van der Waals surface area contributed by atoms with Crippen molar-refractivity contribution < 1.29 is 9.53 Å². The Morgan fingerprint density at radius 2 is 1.24 bits per heavy atom. The average Bonchev–Trinajstić information content (AvgIpc) is 3.13. The Kier molecular flexibility index (Phi) is 5.72. The number of fused-ring (bicyclic) bond motifs is 6. The van der Waals surface area contributed by atoms with Gasteiger partial charge in [0, 0.05) is 0 Å². The van der Waals surface area contributed by atoms with Gasteiger partial charge in [-0.2, -0.15) is 0 Å². The van der Waals surface area contributed by atoms with Crippen LogP contribution in [-0.2, 0) is 4.31 Å². The summed E-state index contributed by atoms with van der Waals surface area (Å²) >= 11 is -0.294. The normalized spacial score (nSPS) is 15.0. The van der Waals surface area contributed by atoms with Crippen molar-refractivity contribution in [1.82, 2.24) is 0 Å². The first-order valence-electron chi connectivity index (χ1n) is 11.9.